The Kier molecular flexibility index (Phi) is 5.28. The Morgan fingerprint density at radius 3 is 2.59 bits per heavy atom. The van der Waals surface area contributed by atoms with Crippen LogP contribution in [0.1, 0.15) is 12.5 Å². The Hall–Kier alpha value is -1.23. The molecule has 0 fully saturated rings. The second-order valence-electron chi connectivity index (χ2n) is 3.61. The van der Waals surface area contributed by atoms with Crippen molar-refractivity contribution in [3.63, 3.8) is 0 Å². The number of ether oxygens (including phenoxy) is 1. The number of hydrogen-bond donors (Lipinski definition) is 1. The van der Waals surface area contributed by atoms with E-state index in [1.807, 2.05) is 31.2 Å². The van der Waals surface area contributed by atoms with E-state index < -0.39 is 12.8 Å². The molecule has 0 heterocycles. The Bertz CT molecular complexity index is 339. The van der Waals surface area contributed by atoms with Crippen molar-refractivity contribution in [2.75, 3.05) is 25.1 Å². The molecule has 1 aromatic rings. The average molecular weight is 247 g/mol. The first kappa shape index (κ1) is 13.8. The van der Waals surface area contributed by atoms with Gasteiger partial charge >= 0.3 is 6.18 Å². The van der Waals surface area contributed by atoms with Crippen LogP contribution in [0.15, 0.2) is 24.3 Å². The molecule has 0 aliphatic heterocycles. The maximum atomic E-state index is 11.8. The summed E-state index contributed by atoms with van der Waals surface area (Å²) in [5, 5.41) is 3.06. The van der Waals surface area contributed by atoms with E-state index in [2.05, 4.69) is 10.1 Å². The zero-order valence-electron chi connectivity index (χ0n) is 9.68. The van der Waals surface area contributed by atoms with E-state index >= 15 is 0 Å². The molecule has 0 aliphatic carbocycles. The summed E-state index contributed by atoms with van der Waals surface area (Å²) in [6, 6.07) is 7.71. The molecule has 0 saturated heterocycles. The van der Waals surface area contributed by atoms with Crippen molar-refractivity contribution in [1.29, 1.82) is 0 Å². The SMILES string of the molecule is CCc1ccccc1NCCOCC(F)(F)F. The van der Waals surface area contributed by atoms with E-state index in [0.29, 0.717) is 6.54 Å². The van der Waals surface area contributed by atoms with Crippen molar-refractivity contribution < 1.29 is 17.9 Å². The largest absolute Gasteiger partial charge is 0.411 e. The minimum Gasteiger partial charge on any atom is -0.383 e. The molecule has 0 bridgehead atoms. The molecular formula is C12H16F3NO. The third kappa shape index (κ3) is 5.58. The van der Waals surface area contributed by atoms with Gasteiger partial charge in [-0.1, -0.05) is 25.1 Å². The number of nitrogens with one attached hydrogen (secondary N) is 1. The van der Waals surface area contributed by atoms with Gasteiger partial charge in [0.15, 0.2) is 0 Å². The van der Waals surface area contributed by atoms with Gasteiger partial charge in [-0.2, -0.15) is 13.2 Å². The summed E-state index contributed by atoms with van der Waals surface area (Å²) in [4.78, 5) is 0. The van der Waals surface area contributed by atoms with E-state index in [0.717, 1.165) is 17.7 Å². The molecule has 0 aliphatic rings. The van der Waals surface area contributed by atoms with E-state index in [4.69, 9.17) is 0 Å². The van der Waals surface area contributed by atoms with Gasteiger partial charge in [0.1, 0.15) is 6.61 Å². The zero-order chi connectivity index (χ0) is 12.7. The predicted octanol–water partition coefficient (Wildman–Crippen LogP) is 3.24. The highest BCUT2D eigenvalue weighted by atomic mass is 19.4. The van der Waals surface area contributed by atoms with Gasteiger partial charge in [0.25, 0.3) is 0 Å². The van der Waals surface area contributed by atoms with Crippen molar-refractivity contribution in [2.45, 2.75) is 19.5 Å². The van der Waals surface area contributed by atoms with Gasteiger partial charge in [0.2, 0.25) is 0 Å². The van der Waals surface area contributed by atoms with Gasteiger partial charge in [-0.25, -0.2) is 0 Å². The van der Waals surface area contributed by atoms with E-state index in [9.17, 15) is 13.2 Å². The number of rotatable bonds is 6. The predicted molar refractivity (Wildman–Crippen MR) is 61.2 cm³/mol. The van der Waals surface area contributed by atoms with Gasteiger partial charge in [-0.3, -0.25) is 0 Å². The monoisotopic (exact) mass is 247 g/mol. The fourth-order valence-corrected chi connectivity index (χ4v) is 1.45. The highest BCUT2D eigenvalue weighted by molar-refractivity contribution is 5.50. The van der Waals surface area contributed by atoms with Gasteiger partial charge in [0, 0.05) is 12.2 Å². The smallest absolute Gasteiger partial charge is 0.383 e. The van der Waals surface area contributed by atoms with Crippen molar-refractivity contribution in [1.82, 2.24) is 0 Å². The summed E-state index contributed by atoms with van der Waals surface area (Å²) >= 11 is 0. The normalized spacial score (nSPS) is 11.5. The summed E-state index contributed by atoms with van der Waals surface area (Å²) in [5.74, 6) is 0. The molecule has 0 aromatic heterocycles. The molecule has 0 saturated carbocycles. The van der Waals surface area contributed by atoms with Gasteiger partial charge in [0.05, 0.1) is 6.61 Å². The second-order valence-corrected chi connectivity index (χ2v) is 3.61. The Morgan fingerprint density at radius 1 is 1.24 bits per heavy atom. The van der Waals surface area contributed by atoms with E-state index in [1.165, 1.54) is 0 Å². The molecule has 1 N–H and O–H groups in total. The molecule has 96 valence electrons. The number of hydrogen-bond acceptors (Lipinski definition) is 2. The summed E-state index contributed by atoms with van der Waals surface area (Å²) in [5.41, 5.74) is 2.09. The van der Waals surface area contributed by atoms with Crippen molar-refractivity contribution in [2.24, 2.45) is 0 Å². The Labute approximate surface area is 98.8 Å². The van der Waals surface area contributed by atoms with Crippen LogP contribution < -0.4 is 5.32 Å². The highest BCUT2D eigenvalue weighted by Crippen LogP contribution is 2.16. The number of halogens is 3. The molecule has 5 heteroatoms. The molecule has 0 amide bonds. The summed E-state index contributed by atoms with van der Waals surface area (Å²) in [6.07, 6.45) is -3.37. The molecule has 17 heavy (non-hydrogen) atoms. The van der Waals surface area contributed by atoms with Crippen LogP contribution in [0.3, 0.4) is 0 Å². The highest BCUT2D eigenvalue weighted by Gasteiger charge is 2.27. The van der Waals surface area contributed by atoms with Crippen LogP contribution in [0.2, 0.25) is 0 Å². The van der Waals surface area contributed by atoms with Gasteiger partial charge < -0.3 is 10.1 Å². The van der Waals surface area contributed by atoms with Crippen LogP contribution in [-0.4, -0.2) is 25.9 Å². The van der Waals surface area contributed by atoms with Crippen LogP contribution in [-0.2, 0) is 11.2 Å². The van der Waals surface area contributed by atoms with E-state index in [1.54, 1.807) is 0 Å². The lowest BCUT2D eigenvalue weighted by Crippen LogP contribution is -2.20. The number of aryl methyl sites for hydroxylation is 1. The third-order valence-electron chi connectivity index (χ3n) is 2.23. The minimum absolute atomic E-state index is 0.0392. The van der Waals surface area contributed by atoms with Gasteiger partial charge in [-0.15, -0.1) is 0 Å². The molecule has 0 radical (unpaired) electrons. The lowest BCUT2D eigenvalue weighted by Gasteiger charge is -2.11. The molecule has 0 spiro atoms. The van der Waals surface area contributed by atoms with E-state index in [-0.39, 0.29) is 6.61 Å². The number of para-hydroxylation sites is 1. The van der Waals surface area contributed by atoms with Crippen LogP contribution in [0.25, 0.3) is 0 Å². The molecule has 2 nitrogen and oxygen atoms in total. The average Bonchev–Trinajstić information content (AvgIpc) is 2.27. The second kappa shape index (κ2) is 6.49. The molecule has 0 unspecified atom stereocenters. The van der Waals surface area contributed by atoms with Crippen molar-refractivity contribution in [3.05, 3.63) is 29.8 Å². The van der Waals surface area contributed by atoms with Crippen LogP contribution in [0.5, 0.6) is 0 Å². The first-order chi connectivity index (χ1) is 8.03. The maximum Gasteiger partial charge on any atom is 0.411 e. The van der Waals surface area contributed by atoms with Crippen molar-refractivity contribution in [3.8, 4) is 0 Å². The van der Waals surface area contributed by atoms with Crippen molar-refractivity contribution >= 4 is 5.69 Å². The first-order valence-electron chi connectivity index (χ1n) is 5.49. The lowest BCUT2D eigenvalue weighted by atomic mass is 10.1. The Balaban J connectivity index is 2.27. The Morgan fingerprint density at radius 2 is 1.94 bits per heavy atom. The minimum atomic E-state index is -4.25. The quantitative estimate of drug-likeness (QED) is 0.779. The summed E-state index contributed by atoms with van der Waals surface area (Å²) in [7, 11) is 0. The molecule has 1 rings (SSSR count). The third-order valence-corrected chi connectivity index (χ3v) is 2.23. The summed E-state index contributed by atoms with van der Waals surface area (Å²) < 4.78 is 39.8. The molecule has 0 atom stereocenters. The first-order valence-corrected chi connectivity index (χ1v) is 5.49. The molecule has 1 aromatic carbocycles. The number of benzene rings is 1. The van der Waals surface area contributed by atoms with Crippen LogP contribution >= 0.6 is 0 Å². The van der Waals surface area contributed by atoms with Crippen LogP contribution in [0, 0.1) is 0 Å². The standard InChI is InChI=1S/C12H16F3NO/c1-2-10-5-3-4-6-11(10)16-7-8-17-9-12(13,14)15/h3-6,16H,2,7-9H2,1H3. The topological polar surface area (TPSA) is 21.3 Å². The maximum absolute atomic E-state index is 11.8. The number of anilines is 1. The number of alkyl halides is 3. The summed E-state index contributed by atoms with van der Waals surface area (Å²) in [6.45, 7) is 1.25. The fraction of sp³-hybridized carbons (Fsp3) is 0.500. The zero-order valence-corrected chi connectivity index (χ0v) is 9.68. The lowest BCUT2D eigenvalue weighted by molar-refractivity contribution is -0.172. The van der Waals surface area contributed by atoms with Crippen LogP contribution in [0.4, 0.5) is 18.9 Å². The molecular weight excluding hydrogens is 231 g/mol. The van der Waals surface area contributed by atoms with Gasteiger partial charge in [-0.05, 0) is 18.1 Å². The fourth-order valence-electron chi connectivity index (χ4n) is 1.45.